The second-order valence-corrected chi connectivity index (χ2v) is 5.77. The first kappa shape index (κ1) is 15.7. The molecular weight excluding hydrogens is 242 g/mol. The third-order valence-electron chi connectivity index (χ3n) is 2.88. The van der Waals surface area contributed by atoms with Crippen LogP contribution in [0.1, 0.15) is 56.7 Å². The zero-order chi connectivity index (χ0) is 14.4. The van der Waals surface area contributed by atoms with E-state index in [2.05, 4.69) is 24.2 Å². The molecule has 0 aliphatic rings. The maximum atomic E-state index is 11.8. The highest BCUT2D eigenvalue weighted by Crippen LogP contribution is 2.10. The molecular formula is C14H25N3O2. The molecule has 0 aliphatic heterocycles. The summed E-state index contributed by atoms with van der Waals surface area (Å²) < 4.78 is 6.96. The molecule has 1 aromatic heterocycles. The minimum Gasteiger partial charge on any atom is -0.461 e. The Kier molecular flexibility index (Phi) is 5.99. The molecule has 0 fully saturated rings. The molecule has 0 unspecified atom stereocenters. The van der Waals surface area contributed by atoms with Crippen molar-refractivity contribution in [3.8, 4) is 0 Å². The molecule has 0 aromatic carbocycles. The van der Waals surface area contributed by atoms with Gasteiger partial charge in [-0.15, -0.1) is 5.10 Å². The first-order valence-electron chi connectivity index (χ1n) is 6.99. The van der Waals surface area contributed by atoms with Gasteiger partial charge in [0, 0.05) is 6.54 Å². The van der Waals surface area contributed by atoms with E-state index in [1.54, 1.807) is 4.68 Å². The standard InChI is InChI=1S/C14H25N3O2/c1-10(2)7-6-8-17-12(5)13(15-16-17)14(18)19-9-11(3)4/h10-11H,6-9H2,1-5H3. The van der Waals surface area contributed by atoms with Gasteiger partial charge in [-0.2, -0.15) is 0 Å². The lowest BCUT2D eigenvalue weighted by molar-refractivity contribution is 0.0451. The lowest BCUT2D eigenvalue weighted by Crippen LogP contribution is -2.12. The molecule has 0 radical (unpaired) electrons. The minimum atomic E-state index is -0.374. The van der Waals surface area contributed by atoms with Crippen molar-refractivity contribution in [1.29, 1.82) is 0 Å². The van der Waals surface area contributed by atoms with Crippen molar-refractivity contribution in [2.45, 2.75) is 54.0 Å². The van der Waals surface area contributed by atoms with E-state index in [0.29, 0.717) is 24.1 Å². The molecule has 1 rings (SSSR count). The van der Waals surface area contributed by atoms with Crippen molar-refractivity contribution in [3.63, 3.8) is 0 Å². The van der Waals surface area contributed by atoms with E-state index in [1.807, 2.05) is 20.8 Å². The van der Waals surface area contributed by atoms with Crippen LogP contribution < -0.4 is 0 Å². The zero-order valence-corrected chi connectivity index (χ0v) is 12.6. The second-order valence-electron chi connectivity index (χ2n) is 5.77. The van der Waals surface area contributed by atoms with Crippen LogP contribution in [0.5, 0.6) is 0 Å². The maximum Gasteiger partial charge on any atom is 0.360 e. The zero-order valence-electron chi connectivity index (χ0n) is 12.6. The van der Waals surface area contributed by atoms with Crippen LogP contribution in [0.25, 0.3) is 0 Å². The van der Waals surface area contributed by atoms with Crippen LogP contribution >= 0.6 is 0 Å². The van der Waals surface area contributed by atoms with Gasteiger partial charge >= 0.3 is 5.97 Å². The average molecular weight is 267 g/mol. The van der Waals surface area contributed by atoms with Crippen LogP contribution in [-0.4, -0.2) is 27.6 Å². The number of rotatable bonds is 7. The van der Waals surface area contributed by atoms with Gasteiger partial charge in [0.05, 0.1) is 12.3 Å². The van der Waals surface area contributed by atoms with Crippen LogP contribution in [0.4, 0.5) is 0 Å². The number of hydrogen-bond donors (Lipinski definition) is 0. The molecule has 0 bridgehead atoms. The fourth-order valence-electron chi connectivity index (χ4n) is 1.72. The van der Waals surface area contributed by atoms with Gasteiger partial charge < -0.3 is 4.74 Å². The molecule has 0 saturated carbocycles. The summed E-state index contributed by atoms with van der Waals surface area (Å²) in [6.45, 7) is 11.5. The fourth-order valence-corrected chi connectivity index (χ4v) is 1.72. The normalized spacial score (nSPS) is 11.3. The number of ether oxygens (including phenoxy) is 1. The van der Waals surface area contributed by atoms with E-state index in [1.165, 1.54) is 0 Å². The highest BCUT2D eigenvalue weighted by atomic mass is 16.5. The first-order valence-corrected chi connectivity index (χ1v) is 6.99. The molecule has 0 saturated heterocycles. The summed E-state index contributed by atoms with van der Waals surface area (Å²) in [6.07, 6.45) is 2.19. The summed E-state index contributed by atoms with van der Waals surface area (Å²) >= 11 is 0. The van der Waals surface area contributed by atoms with Crippen molar-refractivity contribution in [1.82, 2.24) is 15.0 Å². The number of aromatic nitrogens is 3. The van der Waals surface area contributed by atoms with E-state index in [0.717, 1.165) is 25.1 Å². The van der Waals surface area contributed by atoms with E-state index >= 15 is 0 Å². The van der Waals surface area contributed by atoms with Crippen LogP contribution in [0.3, 0.4) is 0 Å². The summed E-state index contributed by atoms with van der Waals surface area (Å²) in [4.78, 5) is 11.8. The summed E-state index contributed by atoms with van der Waals surface area (Å²) in [6, 6.07) is 0. The Morgan fingerprint density at radius 3 is 2.53 bits per heavy atom. The van der Waals surface area contributed by atoms with Crippen LogP contribution in [0.2, 0.25) is 0 Å². The Hall–Kier alpha value is -1.39. The van der Waals surface area contributed by atoms with Crippen molar-refractivity contribution >= 4 is 5.97 Å². The number of carbonyl (C=O) groups excluding carboxylic acids is 1. The SMILES string of the molecule is Cc1c(C(=O)OCC(C)C)nnn1CCCC(C)C. The van der Waals surface area contributed by atoms with Gasteiger partial charge in [0.2, 0.25) is 0 Å². The molecule has 5 heteroatoms. The average Bonchev–Trinajstić information content (AvgIpc) is 2.68. The Bertz CT molecular complexity index is 411. The van der Waals surface area contributed by atoms with E-state index < -0.39 is 0 Å². The van der Waals surface area contributed by atoms with E-state index in [9.17, 15) is 4.79 Å². The quantitative estimate of drug-likeness (QED) is 0.713. The number of esters is 1. The highest BCUT2D eigenvalue weighted by Gasteiger charge is 2.18. The van der Waals surface area contributed by atoms with Gasteiger partial charge in [-0.05, 0) is 31.6 Å². The molecule has 5 nitrogen and oxygen atoms in total. The number of aryl methyl sites for hydroxylation is 1. The Morgan fingerprint density at radius 1 is 1.26 bits per heavy atom. The number of carbonyl (C=O) groups is 1. The van der Waals surface area contributed by atoms with E-state index in [4.69, 9.17) is 4.74 Å². The highest BCUT2D eigenvalue weighted by molar-refractivity contribution is 5.88. The van der Waals surface area contributed by atoms with Crippen molar-refractivity contribution in [2.75, 3.05) is 6.61 Å². The van der Waals surface area contributed by atoms with Gasteiger partial charge in [0.15, 0.2) is 5.69 Å². The van der Waals surface area contributed by atoms with Gasteiger partial charge in [-0.1, -0.05) is 32.9 Å². The lowest BCUT2D eigenvalue weighted by Gasteiger charge is -2.07. The predicted octanol–water partition coefficient (Wildman–Crippen LogP) is 2.84. The second kappa shape index (κ2) is 7.26. The van der Waals surface area contributed by atoms with Gasteiger partial charge in [-0.25, -0.2) is 9.48 Å². The van der Waals surface area contributed by atoms with E-state index in [-0.39, 0.29) is 5.97 Å². The fraction of sp³-hybridized carbons (Fsp3) is 0.786. The first-order chi connectivity index (χ1) is 8.91. The van der Waals surface area contributed by atoms with Gasteiger partial charge in [0.1, 0.15) is 0 Å². The van der Waals surface area contributed by atoms with Crippen LogP contribution in [0.15, 0.2) is 0 Å². The van der Waals surface area contributed by atoms with Crippen LogP contribution in [-0.2, 0) is 11.3 Å². The van der Waals surface area contributed by atoms with Gasteiger partial charge in [-0.3, -0.25) is 0 Å². The Labute approximate surface area is 115 Å². The third kappa shape index (κ3) is 5.01. The summed E-state index contributed by atoms with van der Waals surface area (Å²) in [5.74, 6) is 0.631. The molecule has 1 aromatic rings. The number of nitrogens with zero attached hydrogens (tertiary/aromatic N) is 3. The van der Waals surface area contributed by atoms with Gasteiger partial charge in [0.25, 0.3) is 0 Å². The maximum absolute atomic E-state index is 11.8. The largest absolute Gasteiger partial charge is 0.461 e. The molecule has 0 atom stereocenters. The molecule has 0 N–H and O–H groups in total. The monoisotopic (exact) mass is 267 g/mol. The summed E-state index contributed by atoms with van der Waals surface area (Å²) in [5, 5.41) is 7.96. The lowest BCUT2D eigenvalue weighted by atomic mass is 10.1. The van der Waals surface area contributed by atoms with Crippen molar-refractivity contribution in [3.05, 3.63) is 11.4 Å². The predicted molar refractivity (Wildman–Crippen MR) is 74.0 cm³/mol. The Balaban J connectivity index is 2.57. The van der Waals surface area contributed by atoms with Crippen molar-refractivity contribution < 1.29 is 9.53 Å². The minimum absolute atomic E-state index is 0.324. The molecule has 108 valence electrons. The summed E-state index contributed by atoms with van der Waals surface area (Å²) in [5.41, 5.74) is 1.13. The molecule has 0 amide bonds. The topological polar surface area (TPSA) is 57.0 Å². The van der Waals surface area contributed by atoms with Crippen LogP contribution in [0, 0.1) is 18.8 Å². The third-order valence-corrected chi connectivity index (χ3v) is 2.88. The van der Waals surface area contributed by atoms with Crippen molar-refractivity contribution in [2.24, 2.45) is 11.8 Å². The summed E-state index contributed by atoms with van der Waals surface area (Å²) in [7, 11) is 0. The molecule has 1 heterocycles. The molecule has 0 aliphatic carbocycles. The number of hydrogen-bond acceptors (Lipinski definition) is 4. The molecule has 0 spiro atoms. The smallest absolute Gasteiger partial charge is 0.360 e. The Morgan fingerprint density at radius 2 is 1.95 bits per heavy atom. The molecule has 19 heavy (non-hydrogen) atoms.